The van der Waals surface area contributed by atoms with Gasteiger partial charge in [0, 0.05) is 17.9 Å². The monoisotopic (exact) mass is 286 g/mol. The van der Waals surface area contributed by atoms with Crippen molar-refractivity contribution in [2.24, 2.45) is 0 Å². The summed E-state index contributed by atoms with van der Waals surface area (Å²) < 4.78 is 17.8. The Labute approximate surface area is 122 Å². The van der Waals surface area contributed by atoms with Gasteiger partial charge >= 0.3 is 6.09 Å². The van der Waals surface area contributed by atoms with E-state index in [4.69, 9.17) is 4.74 Å². The van der Waals surface area contributed by atoms with Gasteiger partial charge in [-0.1, -0.05) is 18.2 Å². The first-order chi connectivity index (χ1) is 10.2. The third kappa shape index (κ3) is 3.13. The van der Waals surface area contributed by atoms with E-state index in [0.29, 0.717) is 19.7 Å². The van der Waals surface area contributed by atoms with Crippen molar-refractivity contribution in [2.45, 2.75) is 6.54 Å². The molecule has 1 aliphatic rings. The van der Waals surface area contributed by atoms with Crippen LogP contribution in [0.3, 0.4) is 0 Å². The molecule has 2 aromatic rings. The van der Waals surface area contributed by atoms with E-state index in [1.807, 2.05) is 24.3 Å². The maximum absolute atomic E-state index is 12.8. The van der Waals surface area contributed by atoms with Crippen molar-refractivity contribution in [3.8, 4) is 0 Å². The van der Waals surface area contributed by atoms with Crippen LogP contribution in [0.15, 0.2) is 48.5 Å². The lowest BCUT2D eigenvalue weighted by Crippen LogP contribution is -2.23. The van der Waals surface area contributed by atoms with E-state index in [1.165, 1.54) is 12.1 Å². The quantitative estimate of drug-likeness (QED) is 0.936. The first-order valence-electron chi connectivity index (χ1n) is 6.75. The summed E-state index contributed by atoms with van der Waals surface area (Å²) in [5.41, 5.74) is 2.69. The predicted molar refractivity (Wildman–Crippen MR) is 78.9 cm³/mol. The van der Waals surface area contributed by atoms with E-state index in [9.17, 15) is 9.18 Å². The molecule has 0 atom stereocenters. The summed E-state index contributed by atoms with van der Waals surface area (Å²) >= 11 is 0. The van der Waals surface area contributed by atoms with Gasteiger partial charge in [0.15, 0.2) is 0 Å². The van der Waals surface area contributed by atoms with Crippen molar-refractivity contribution in [1.82, 2.24) is 0 Å². The second-order valence-corrected chi connectivity index (χ2v) is 4.80. The number of benzene rings is 2. The third-order valence-corrected chi connectivity index (χ3v) is 3.33. The van der Waals surface area contributed by atoms with Gasteiger partial charge in [-0.2, -0.15) is 0 Å². The summed E-state index contributed by atoms with van der Waals surface area (Å²) in [6, 6.07) is 13.9. The number of carbonyl (C=O) groups excluding carboxylic acids is 1. The highest BCUT2D eigenvalue weighted by Crippen LogP contribution is 2.22. The van der Waals surface area contributed by atoms with Crippen LogP contribution in [0.5, 0.6) is 0 Å². The Morgan fingerprint density at radius 3 is 2.71 bits per heavy atom. The van der Waals surface area contributed by atoms with Crippen molar-refractivity contribution < 1.29 is 13.9 Å². The van der Waals surface area contributed by atoms with Gasteiger partial charge in [0.1, 0.15) is 12.4 Å². The molecule has 4 nitrogen and oxygen atoms in total. The molecule has 0 spiro atoms. The fraction of sp³-hybridized carbons (Fsp3) is 0.188. The molecule has 1 saturated heterocycles. The lowest BCUT2D eigenvalue weighted by atomic mass is 10.2. The van der Waals surface area contributed by atoms with Crippen LogP contribution in [-0.2, 0) is 11.3 Å². The van der Waals surface area contributed by atoms with Gasteiger partial charge < -0.3 is 10.1 Å². The van der Waals surface area contributed by atoms with Gasteiger partial charge in [0.25, 0.3) is 0 Å². The average Bonchev–Trinajstić information content (AvgIpc) is 2.93. The Morgan fingerprint density at radius 2 is 2.00 bits per heavy atom. The zero-order chi connectivity index (χ0) is 14.7. The number of hydrogen-bond acceptors (Lipinski definition) is 3. The van der Waals surface area contributed by atoms with Crippen molar-refractivity contribution in [1.29, 1.82) is 0 Å². The van der Waals surface area contributed by atoms with Crippen LogP contribution in [0.1, 0.15) is 5.56 Å². The van der Waals surface area contributed by atoms with Crippen LogP contribution in [0, 0.1) is 5.82 Å². The Hall–Kier alpha value is -2.56. The Bertz CT molecular complexity index is 643. The maximum Gasteiger partial charge on any atom is 0.414 e. The number of amides is 1. The Balaban J connectivity index is 1.68. The Kier molecular flexibility index (Phi) is 3.73. The highest BCUT2D eigenvalue weighted by molar-refractivity contribution is 5.89. The second-order valence-electron chi connectivity index (χ2n) is 4.80. The molecule has 21 heavy (non-hydrogen) atoms. The van der Waals surface area contributed by atoms with Gasteiger partial charge in [-0.15, -0.1) is 0 Å². The molecule has 1 N–H and O–H groups in total. The van der Waals surface area contributed by atoms with E-state index in [1.54, 1.807) is 17.0 Å². The van der Waals surface area contributed by atoms with Gasteiger partial charge in [-0.3, -0.25) is 4.90 Å². The number of cyclic esters (lactones) is 1. The van der Waals surface area contributed by atoms with E-state index in [0.717, 1.165) is 16.9 Å². The minimum atomic E-state index is -0.314. The number of nitrogens with one attached hydrogen (secondary N) is 1. The van der Waals surface area contributed by atoms with E-state index < -0.39 is 0 Å². The summed E-state index contributed by atoms with van der Waals surface area (Å²) in [4.78, 5) is 13.1. The SMILES string of the molecule is O=C1OCCN1c1cccc(NCc2ccc(F)cc2)c1. The standard InChI is InChI=1S/C16H15FN2O2/c17-13-6-4-12(5-7-13)11-18-14-2-1-3-15(10-14)19-8-9-21-16(19)20/h1-7,10,18H,8-9,11H2. The maximum atomic E-state index is 12.8. The van der Waals surface area contributed by atoms with Gasteiger partial charge in [-0.05, 0) is 35.9 Å². The first-order valence-corrected chi connectivity index (χ1v) is 6.75. The largest absolute Gasteiger partial charge is 0.447 e. The molecule has 108 valence electrons. The predicted octanol–water partition coefficient (Wildman–Crippen LogP) is 3.39. The number of anilines is 2. The number of nitrogens with zero attached hydrogens (tertiary/aromatic N) is 1. The lowest BCUT2D eigenvalue weighted by Gasteiger charge is -2.14. The Morgan fingerprint density at radius 1 is 1.19 bits per heavy atom. The summed E-state index contributed by atoms with van der Waals surface area (Å²) in [7, 11) is 0. The molecule has 0 aromatic heterocycles. The van der Waals surface area contributed by atoms with Crippen LogP contribution in [0.2, 0.25) is 0 Å². The highest BCUT2D eigenvalue weighted by Gasteiger charge is 2.23. The minimum Gasteiger partial charge on any atom is -0.447 e. The number of ether oxygens (including phenoxy) is 1. The van der Waals surface area contributed by atoms with Crippen LogP contribution in [0.25, 0.3) is 0 Å². The minimum absolute atomic E-state index is 0.242. The topological polar surface area (TPSA) is 41.6 Å². The molecule has 0 bridgehead atoms. The summed E-state index contributed by atoms with van der Waals surface area (Å²) in [5, 5.41) is 3.26. The van der Waals surface area contributed by atoms with Crippen LogP contribution < -0.4 is 10.2 Å². The third-order valence-electron chi connectivity index (χ3n) is 3.33. The van der Waals surface area contributed by atoms with Gasteiger partial charge in [-0.25, -0.2) is 9.18 Å². The number of halogens is 1. The van der Waals surface area contributed by atoms with E-state index in [2.05, 4.69) is 5.32 Å². The highest BCUT2D eigenvalue weighted by atomic mass is 19.1. The second kappa shape index (κ2) is 5.83. The summed E-state index contributed by atoms with van der Waals surface area (Å²) in [5.74, 6) is -0.242. The molecule has 0 saturated carbocycles. The van der Waals surface area contributed by atoms with Crippen LogP contribution in [0.4, 0.5) is 20.6 Å². The van der Waals surface area contributed by atoms with E-state index >= 15 is 0 Å². The molecule has 1 fully saturated rings. The molecule has 2 aromatic carbocycles. The van der Waals surface area contributed by atoms with Crippen molar-refractivity contribution in [3.05, 3.63) is 59.9 Å². The fourth-order valence-electron chi connectivity index (χ4n) is 2.22. The van der Waals surface area contributed by atoms with E-state index in [-0.39, 0.29) is 11.9 Å². The van der Waals surface area contributed by atoms with Gasteiger partial charge in [0.05, 0.1) is 6.54 Å². The lowest BCUT2D eigenvalue weighted by molar-refractivity contribution is 0.181. The molecule has 3 rings (SSSR count). The zero-order valence-corrected chi connectivity index (χ0v) is 11.4. The normalized spacial score (nSPS) is 14.1. The van der Waals surface area contributed by atoms with Crippen LogP contribution in [-0.4, -0.2) is 19.2 Å². The van der Waals surface area contributed by atoms with Crippen molar-refractivity contribution >= 4 is 17.5 Å². The summed E-state index contributed by atoms with van der Waals surface area (Å²) in [6.07, 6.45) is -0.314. The molecule has 0 aliphatic carbocycles. The van der Waals surface area contributed by atoms with Crippen molar-refractivity contribution in [3.63, 3.8) is 0 Å². The van der Waals surface area contributed by atoms with Crippen molar-refractivity contribution in [2.75, 3.05) is 23.4 Å². The molecule has 1 heterocycles. The molecular weight excluding hydrogens is 271 g/mol. The van der Waals surface area contributed by atoms with Crippen LogP contribution >= 0.6 is 0 Å². The number of hydrogen-bond donors (Lipinski definition) is 1. The summed E-state index contributed by atoms with van der Waals surface area (Å²) in [6.45, 7) is 1.58. The average molecular weight is 286 g/mol. The van der Waals surface area contributed by atoms with Gasteiger partial charge in [0.2, 0.25) is 0 Å². The fourth-order valence-corrected chi connectivity index (χ4v) is 2.22. The molecule has 5 heteroatoms. The molecule has 0 unspecified atom stereocenters. The molecule has 0 radical (unpaired) electrons. The zero-order valence-electron chi connectivity index (χ0n) is 11.4. The number of carbonyl (C=O) groups is 1. The molecular formula is C16H15FN2O2. The first kappa shape index (κ1) is 13.4. The molecule has 1 amide bonds. The molecule has 1 aliphatic heterocycles. The number of rotatable bonds is 4. The smallest absolute Gasteiger partial charge is 0.414 e.